The van der Waals surface area contributed by atoms with Gasteiger partial charge in [-0.1, -0.05) is 0 Å². The van der Waals surface area contributed by atoms with E-state index in [4.69, 9.17) is 9.47 Å². The number of rotatable bonds is 2. The van der Waals surface area contributed by atoms with Crippen molar-refractivity contribution in [3.63, 3.8) is 0 Å². The minimum atomic E-state index is -0.932. The second-order valence-electron chi connectivity index (χ2n) is 3.28. The second-order valence-corrected chi connectivity index (χ2v) is 3.28. The lowest BCUT2D eigenvalue weighted by Crippen LogP contribution is -2.13. The Kier molecular flexibility index (Phi) is 2.64. The van der Waals surface area contributed by atoms with Crippen LogP contribution in [0.1, 0.15) is 11.7 Å². The van der Waals surface area contributed by atoms with Crippen LogP contribution in [0.25, 0.3) is 0 Å². The van der Waals surface area contributed by atoms with Gasteiger partial charge in [0.25, 0.3) is 0 Å². The molecule has 1 unspecified atom stereocenters. The van der Waals surface area contributed by atoms with Crippen LogP contribution >= 0.6 is 0 Å². The summed E-state index contributed by atoms with van der Waals surface area (Å²) < 4.78 is 36.5. The fourth-order valence-electron chi connectivity index (χ4n) is 1.54. The number of cyclic esters (lactones) is 1. The average molecular weight is 229 g/mol. The predicted molar refractivity (Wildman–Crippen MR) is 50.1 cm³/mol. The number of halogens is 2. The highest BCUT2D eigenvalue weighted by Crippen LogP contribution is 2.29. The molecule has 1 heterocycles. The van der Waals surface area contributed by atoms with Crippen molar-refractivity contribution in [2.24, 2.45) is 0 Å². The number of methoxy groups -OCH3 is 1. The fraction of sp³-hybridized carbons (Fsp3) is 0.300. The monoisotopic (exact) mass is 229 g/mol. The molecule has 0 aliphatic carbocycles. The van der Waals surface area contributed by atoms with Crippen LogP contribution in [0.3, 0.4) is 0 Å². The fourth-order valence-corrected chi connectivity index (χ4v) is 1.54. The summed E-state index contributed by atoms with van der Waals surface area (Å²) in [7, 11) is 1.31. The number of hydrogen-bond acceptors (Lipinski definition) is 3. The van der Waals surface area contributed by atoms with Gasteiger partial charge in [-0.05, 0) is 0 Å². The average Bonchev–Trinajstić information content (AvgIpc) is 2.63. The quantitative estimate of drug-likeness (QED) is 0.840. The number of carbonyl (C=O) groups is 1. The number of ether oxygens (including phenoxy) is 2. The van der Waals surface area contributed by atoms with Crippen molar-refractivity contribution >= 4 is 6.09 Å². The van der Waals surface area contributed by atoms with Crippen LogP contribution in [0, 0.1) is 11.6 Å². The molecule has 0 saturated carbocycles. The molecule has 1 N–H and O–H groups in total. The first-order chi connectivity index (χ1) is 7.61. The zero-order valence-electron chi connectivity index (χ0n) is 8.42. The van der Waals surface area contributed by atoms with E-state index in [0.717, 1.165) is 12.1 Å². The maximum atomic E-state index is 13.5. The Morgan fingerprint density at radius 3 is 2.50 bits per heavy atom. The largest absolute Gasteiger partial charge is 0.497 e. The summed E-state index contributed by atoms with van der Waals surface area (Å²) in [6.07, 6.45) is -1.61. The topological polar surface area (TPSA) is 47.6 Å². The van der Waals surface area contributed by atoms with Crippen molar-refractivity contribution in [3.05, 3.63) is 29.3 Å². The third-order valence-electron chi connectivity index (χ3n) is 2.29. The van der Waals surface area contributed by atoms with Crippen molar-refractivity contribution in [2.75, 3.05) is 13.7 Å². The van der Waals surface area contributed by atoms with Gasteiger partial charge >= 0.3 is 6.09 Å². The Morgan fingerprint density at radius 2 is 2.06 bits per heavy atom. The van der Waals surface area contributed by atoms with Crippen LogP contribution in [0.5, 0.6) is 5.75 Å². The highest BCUT2D eigenvalue weighted by Gasteiger charge is 2.29. The molecule has 1 saturated heterocycles. The standard InChI is InChI=1S/C10H9F2NO3/c1-15-5-2-6(11)9(7(12)3-5)8-4-13-10(14)16-8/h2-3,8H,4H2,1H3,(H,13,14). The van der Waals surface area contributed by atoms with Gasteiger partial charge in [-0.15, -0.1) is 0 Å². The zero-order chi connectivity index (χ0) is 11.7. The molecule has 0 aromatic heterocycles. The SMILES string of the molecule is COc1cc(F)c(C2CNC(=O)O2)c(F)c1. The molecule has 1 aromatic rings. The number of alkyl carbamates (subject to hydrolysis) is 1. The summed E-state index contributed by atoms with van der Waals surface area (Å²) in [4.78, 5) is 10.8. The van der Waals surface area contributed by atoms with Gasteiger partial charge in [-0.3, -0.25) is 0 Å². The second kappa shape index (κ2) is 3.96. The molecule has 4 nitrogen and oxygen atoms in total. The molecular weight excluding hydrogens is 220 g/mol. The lowest BCUT2D eigenvalue weighted by molar-refractivity contribution is 0.137. The number of benzene rings is 1. The lowest BCUT2D eigenvalue weighted by atomic mass is 10.1. The van der Waals surface area contributed by atoms with Crippen molar-refractivity contribution in [1.29, 1.82) is 0 Å². The molecular formula is C10H9F2NO3. The van der Waals surface area contributed by atoms with Crippen LogP contribution < -0.4 is 10.1 Å². The van der Waals surface area contributed by atoms with E-state index < -0.39 is 23.8 Å². The van der Waals surface area contributed by atoms with Gasteiger partial charge in [-0.2, -0.15) is 0 Å². The van der Waals surface area contributed by atoms with Gasteiger partial charge in [0, 0.05) is 12.1 Å². The minimum Gasteiger partial charge on any atom is -0.497 e. The molecule has 0 bridgehead atoms. The Labute approximate surface area is 90.2 Å². The Balaban J connectivity index is 2.37. The molecule has 0 spiro atoms. The van der Waals surface area contributed by atoms with Gasteiger partial charge in [0.05, 0.1) is 19.2 Å². The number of nitrogens with one attached hydrogen (secondary N) is 1. The van der Waals surface area contributed by atoms with Crippen LogP contribution in [0.4, 0.5) is 13.6 Å². The summed E-state index contributed by atoms with van der Waals surface area (Å²) in [5, 5.41) is 2.33. The van der Waals surface area contributed by atoms with Gasteiger partial charge in [0.2, 0.25) is 0 Å². The van der Waals surface area contributed by atoms with Crippen molar-refractivity contribution in [3.8, 4) is 5.75 Å². The van der Waals surface area contributed by atoms with E-state index >= 15 is 0 Å². The Bertz CT molecular complexity index is 413. The molecule has 1 atom stereocenters. The van der Waals surface area contributed by atoms with E-state index in [2.05, 4.69) is 5.32 Å². The highest BCUT2D eigenvalue weighted by atomic mass is 19.1. The summed E-state index contributed by atoms with van der Waals surface area (Å²) >= 11 is 0. The van der Waals surface area contributed by atoms with E-state index in [1.54, 1.807) is 0 Å². The van der Waals surface area contributed by atoms with E-state index in [1.165, 1.54) is 7.11 Å². The van der Waals surface area contributed by atoms with E-state index in [9.17, 15) is 13.6 Å². The summed E-state index contributed by atoms with van der Waals surface area (Å²) in [6.45, 7) is 0.0546. The molecule has 1 fully saturated rings. The van der Waals surface area contributed by atoms with Gasteiger partial charge in [0.1, 0.15) is 17.4 Å². The Morgan fingerprint density at radius 1 is 1.44 bits per heavy atom. The van der Waals surface area contributed by atoms with Gasteiger partial charge in [-0.25, -0.2) is 13.6 Å². The maximum Gasteiger partial charge on any atom is 0.407 e. The summed E-state index contributed by atoms with van der Waals surface area (Å²) in [6, 6.07) is 2.09. The molecule has 6 heteroatoms. The molecule has 2 rings (SSSR count). The smallest absolute Gasteiger partial charge is 0.407 e. The van der Waals surface area contributed by atoms with Gasteiger partial charge < -0.3 is 14.8 Å². The highest BCUT2D eigenvalue weighted by molar-refractivity contribution is 5.69. The molecule has 86 valence electrons. The number of amides is 1. The first-order valence-corrected chi connectivity index (χ1v) is 4.59. The normalized spacial score (nSPS) is 19.2. The Hall–Kier alpha value is -1.85. The first kappa shape index (κ1) is 10.7. The van der Waals surface area contributed by atoms with Crippen molar-refractivity contribution in [1.82, 2.24) is 5.32 Å². The number of carbonyl (C=O) groups excluding carboxylic acids is 1. The van der Waals surface area contributed by atoms with E-state index in [-0.39, 0.29) is 17.9 Å². The lowest BCUT2D eigenvalue weighted by Gasteiger charge is -2.11. The molecule has 1 aromatic carbocycles. The van der Waals surface area contributed by atoms with Gasteiger partial charge in [0.15, 0.2) is 6.10 Å². The minimum absolute atomic E-state index is 0.0546. The van der Waals surface area contributed by atoms with Crippen molar-refractivity contribution < 1.29 is 23.0 Å². The van der Waals surface area contributed by atoms with Crippen molar-refractivity contribution in [2.45, 2.75) is 6.10 Å². The third-order valence-corrected chi connectivity index (χ3v) is 2.29. The number of hydrogen-bond donors (Lipinski definition) is 1. The van der Waals surface area contributed by atoms with Crippen LogP contribution in [0.15, 0.2) is 12.1 Å². The van der Waals surface area contributed by atoms with Crippen LogP contribution in [0.2, 0.25) is 0 Å². The molecule has 1 amide bonds. The molecule has 0 radical (unpaired) electrons. The first-order valence-electron chi connectivity index (χ1n) is 4.59. The van der Waals surface area contributed by atoms with Crippen LogP contribution in [-0.2, 0) is 4.74 Å². The summed E-state index contributed by atoms with van der Waals surface area (Å²) in [5.41, 5.74) is -0.265. The van der Waals surface area contributed by atoms with Crippen LogP contribution in [-0.4, -0.2) is 19.7 Å². The van der Waals surface area contributed by atoms with E-state index in [0.29, 0.717) is 0 Å². The zero-order valence-corrected chi connectivity index (χ0v) is 8.42. The third kappa shape index (κ3) is 1.78. The molecule has 1 aliphatic heterocycles. The predicted octanol–water partition coefficient (Wildman–Crippen LogP) is 1.75. The maximum absolute atomic E-state index is 13.5. The molecule has 1 aliphatic rings. The summed E-state index contributed by atoms with van der Waals surface area (Å²) in [5.74, 6) is -1.51. The van der Waals surface area contributed by atoms with E-state index in [1.807, 2.05) is 0 Å². The molecule has 16 heavy (non-hydrogen) atoms.